The van der Waals surface area contributed by atoms with Crippen LogP contribution in [-0.4, -0.2) is 41.7 Å². The number of aryl methyl sites for hydroxylation is 1. The van der Waals surface area contributed by atoms with Gasteiger partial charge in [-0.15, -0.1) is 11.3 Å². The number of ether oxygens (including phenoxy) is 1. The molecule has 4 rings (SSSR count). The number of anilines is 1. The molecule has 1 saturated heterocycles. The Bertz CT molecular complexity index is 969. The zero-order chi connectivity index (χ0) is 22.1. The number of carbonyl (C=O) groups is 4. The van der Waals surface area contributed by atoms with Gasteiger partial charge in [0.05, 0.1) is 24.0 Å². The maximum atomic E-state index is 12.8. The number of hydrogen-bond acceptors (Lipinski definition) is 6. The third-order valence-electron chi connectivity index (χ3n) is 6.12. The molecule has 1 aliphatic heterocycles. The van der Waals surface area contributed by atoms with E-state index in [0.29, 0.717) is 28.4 Å². The van der Waals surface area contributed by atoms with Gasteiger partial charge in [0.15, 0.2) is 0 Å². The molecule has 2 unspecified atom stereocenters. The van der Waals surface area contributed by atoms with E-state index in [1.54, 1.807) is 13.0 Å². The molecule has 0 aromatic carbocycles. The lowest BCUT2D eigenvalue weighted by molar-refractivity contribution is -0.142. The van der Waals surface area contributed by atoms with E-state index in [-0.39, 0.29) is 25.0 Å². The average molecular weight is 465 g/mol. The quantitative estimate of drug-likeness (QED) is 0.408. The van der Waals surface area contributed by atoms with Crippen LogP contribution < -0.4 is 5.32 Å². The van der Waals surface area contributed by atoms with Gasteiger partial charge in [0.25, 0.3) is 0 Å². The molecule has 1 aromatic heterocycles. The third kappa shape index (κ3) is 4.28. The van der Waals surface area contributed by atoms with Crippen molar-refractivity contribution in [2.75, 3.05) is 18.5 Å². The molecule has 166 valence electrons. The number of fused-ring (bicyclic) bond motifs is 2. The van der Waals surface area contributed by atoms with Gasteiger partial charge in [-0.25, -0.2) is 4.79 Å². The molecule has 1 N–H and O–H groups in total. The van der Waals surface area contributed by atoms with Crippen molar-refractivity contribution in [1.29, 1.82) is 0 Å². The lowest BCUT2D eigenvalue weighted by Gasteiger charge is -2.17. The topological polar surface area (TPSA) is 92.8 Å². The maximum Gasteiger partial charge on any atom is 0.341 e. The molecule has 2 aliphatic carbocycles. The van der Waals surface area contributed by atoms with Gasteiger partial charge >= 0.3 is 5.97 Å². The summed E-state index contributed by atoms with van der Waals surface area (Å²) in [5.41, 5.74) is 1.37. The van der Waals surface area contributed by atoms with Crippen molar-refractivity contribution in [2.45, 2.75) is 51.9 Å². The highest BCUT2D eigenvalue weighted by atomic mass is 35.5. The van der Waals surface area contributed by atoms with Gasteiger partial charge in [0.1, 0.15) is 11.5 Å². The fraction of sp³-hybridized carbons (Fsp3) is 0.545. The number of halogens is 1. The number of hydrogen-bond donors (Lipinski definition) is 1. The predicted octanol–water partition coefficient (Wildman–Crippen LogP) is 3.65. The van der Waals surface area contributed by atoms with Crippen molar-refractivity contribution < 1.29 is 23.9 Å². The number of imide groups is 1. The fourth-order valence-electron chi connectivity index (χ4n) is 4.61. The zero-order valence-electron chi connectivity index (χ0n) is 17.4. The standard InChI is InChI=1S/C22H25ClN2O5S/c1-2-30-22(29)18-14-6-4-3-5-7-16(14)31-19(18)24-17(26)11-25-20(27)13-9-8-12(23)10-15(13)21(25)28/h8,13,15H,2-7,9-11H2,1H3,(H,24,26). The molecule has 0 spiro atoms. The first-order valence-electron chi connectivity index (χ1n) is 10.7. The molecule has 1 fully saturated rings. The molecule has 3 amide bonds. The minimum atomic E-state index is -0.499. The molecular formula is C22H25ClN2O5S. The molecule has 0 bridgehead atoms. The van der Waals surface area contributed by atoms with E-state index in [2.05, 4.69) is 5.32 Å². The Morgan fingerprint density at radius 3 is 2.71 bits per heavy atom. The number of rotatable bonds is 5. The number of nitrogens with zero attached hydrogens (tertiary/aromatic N) is 1. The van der Waals surface area contributed by atoms with Crippen molar-refractivity contribution in [3.05, 3.63) is 27.1 Å². The number of thiophene rings is 1. The molecular weight excluding hydrogens is 440 g/mol. The summed E-state index contributed by atoms with van der Waals surface area (Å²) in [4.78, 5) is 53.0. The normalized spacial score (nSPS) is 23.0. The highest BCUT2D eigenvalue weighted by Gasteiger charge is 2.48. The van der Waals surface area contributed by atoms with Gasteiger partial charge in [-0.05, 0) is 51.0 Å². The van der Waals surface area contributed by atoms with E-state index in [0.717, 1.165) is 47.4 Å². The second-order valence-corrected chi connectivity index (χ2v) is 9.69. The number of esters is 1. The molecule has 3 aliphatic rings. The van der Waals surface area contributed by atoms with E-state index < -0.39 is 23.7 Å². The summed E-state index contributed by atoms with van der Waals surface area (Å²) < 4.78 is 5.24. The zero-order valence-corrected chi connectivity index (χ0v) is 18.9. The summed E-state index contributed by atoms with van der Waals surface area (Å²) in [6.07, 6.45) is 7.28. The van der Waals surface area contributed by atoms with Crippen molar-refractivity contribution in [2.24, 2.45) is 11.8 Å². The second-order valence-electron chi connectivity index (χ2n) is 8.10. The van der Waals surface area contributed by atoms with Crippen LogP contribution in [0.3, 0.4) is 0 Å². The van der Waals surface area contributed by atoms with Crippen LogP contribution in [0, 0.1) is 11.8 Å². The lowest BCUT2D eigenvalue weighted by atomic mass is 9.85. The molecule has 1 aromatic rings. The molecule has 2 atom stereocenters. The van der Waals surface area contributed by atoms with E-state index in [9.17, 15) is 19.2 Å². The summed E-state index contributed by atoms with van der Waals surface area (Å²) in [6.45, 7) is 1.62. The lowest BCUT2D eigenvalue weighted by Crippen LogP contribution is -2.38. The summed E-state index contributed by atoms with van der Waals surface area (Å²) in [5.74, 6) is -2.58. The number of likely N-dealkylation sites (tertiary alicyclic amines) is 1. The van der Waals surface area contributed by atoms with E-state index in [1.165, 1.54) is 11.3 Å². The Balaban J connectivity index is 1.52. The van der Waals surface area contributed by atoms with Crippen LogP contribution in [0.15, 0.2) is 11.1 Å². The van der Waals surface area contributed by atoms with Crippen LogP contribution in [0.1, 0.15) is 59.8 Å². The molecule has 0 radical (unpaired) electrons. The predicted molar refractivity (Wildman–Crippen MR) is 117 cm³/mol. The van der Waals surface area contributed by atoms with Crippen molar-refractivity contribution in [1.82, 2.24) is 4.90 Å². The number of nitrogens with one attached hydrogen (secondary N) is 1. The van der Waals surface area contributed by atoms with E-state index >= 15 is 0 Å². The van der Waals surface area contributed by atoms with Gasteiger partial charge in [-0.1, -0.05) is 24.1 Å². The Labute approximate surface area is 189 Å². The highest BCUT2D eigenvalue weighted by molar-refractivity contribution is 7.17. The fourth-order valence-corrected chi connectivity index (χ4v) is 6.16. The van der Waals surface area contributed by atoms with Gasteiger partial charge in [0, 0.05) is 9.91 Å². The Morgan fingerprint density at radius 2 is 1.94 bits per heavy atom. The molecule has 0 saturated carbocycles. The summed E-state index contributed by atoms with van der Waals surface area (Å²) in [7, 11) is 0. The minimum absolute atomic E-state index is 0.243. The Hall–Kier alpha value is -2.19. The monoisotopic (exact) mass is 464 g/mol. The number of allylic oxidation sites excluding steroid dienone is 2. The van der Waals surface area contributed by atoms with E-state index in [1.807, 2.05) is 0 Å². The number of carbonyl (C=O) groups excluding carboxylic acids is 4. The molecule has 7 nitrogen and oxygen atoms in total. The van der Waals surface area contributed by atoms with Gasteiger partial charge in [0.2, 0.25) is 17.7 Å². The van der Waals surface area contributed by atoms with Gasteiger partial charge in [-0.2, -0.15) is 0 Å². The van der Waals surface area contributed by atoms with Gasteiger partial charge in [-0.3, -0.25) is 19.3 Å². The first kappa shape index (κ1) is 22.0. The largest absolute Gasteiger partial charge is 0.462 e. The average Bonchev–Trinajstić information content (AvgIpc) is 3.05. The van der Waals surface area contributed by atoms with Crippen LogP contribution in [0.4, 0.5) is 5.00 Å². The van der Waals surface area contributed by atoms with Crippen LogP contribution in [-0.2, 0) is 32.0 Å². The highest BCUT2D eigenvalue weighted by Crippen LogP contribution is 2.40. The first-order valence-corrected chi connectivity index (χ1v) is 11.9. The van der Waals surface area contributed by atoms with Crippen molar-refractivity contribution in [3.63, 3.8) is 0 Å². The van der Waals surface area contributed by atoms with Crippen LogP contribution in [0.5, 0.6) is 0 Å². The smallest absolute Gasteiger partial charge is 0.341 e. The van der Waals surface area contributed by atoms with Crippen molar-refractivity contribution >= 4 is 51.6 Å². The van der Waals surface area contributed by atoms with E-state index in [4.69, 9.17) is 16.3 Å². The second kappa shape index (κ2) is 9.12. The van der Waals surface area contributed by atoms with Crippen molar-refractivity contribution in [3.8, 4) is 0 Å². The summed E-state index contributed by atoms with van der Waals surface area (Å²) in [5, 5.41) is 3.80. The molecule has 31 heavy (non-hydrogen) atoms. The van der Waals surface area contributed by atoms with Gasteiger partial charge < -0.3 is 10.1 Å². The summed E-state index contributed by atoms with van der Waals surface area (Å²) >= 11 is 7.44. The van der Waals surface area contributed by atoms with Crippen LogP contribution in [0.2, 0.25) is 0 Å². The minimum Gasteiger partial charge on any atom is -0.462 e. The SMILES string of the molecule is CCOC(=O)c1c(NC(=O)CN2C(=O)C3CC=C(Cl)CC3C2=O)sc2c1CCCCC2. The third-order valence-corrected chi connectivity index (χ3v) is 7.63. The van der Waals surface area contributed by atoms with Crippen LogP contribution in [0.25, 0.3) is 0 Å². The first-order chi connectivity index (χ1) is 14.9. The summed E-state index contributed by atoms with van der Waals surface area (Å²) in [6, 6.07) is 0. The Morgan fingerprint density at radius 1 is 1.19 bits per heavy atom. The Kier molecular flexibility index (Phi) is 6.48. The number of amides is 3. The molecule has 2 heterocycles. The maximum absolute atomic E-state index is 12.8. The molecule has 9 heteroatoms. The van der Waals surface area contributed by atoms with Crippen LogP contribution >= 0.6 is 22.9 Å².